The lowest BCUT2D eigenvalue weighted by atomic mass is 10.0. The lowest BCUT2D eigenvalue weighted by Crippen LogP contribution is -2.24. The Balaban J connectivity index is 2.05. The Hall–Kier alpha value is -1.76. The lowest BCUT2D eigenvalue weighted by Gasteiger charge is -2.31. The molecule has 0 fully saturated rings. The van der Waals surface area contributed by atoms with Crippen molar-refractivity contribution >= 4 is 11.4 Å². The maximum absolute atomic E-state index is 3.36. The lowest BCUT2D eigenvalue weighted by molar-refractivity contribution is 0.766. The molecule has 1 heterocycles. The van der Waals surface area contributed by atoms with Crippen LogP contribution >= 0.6 is 0 Å². The minimum atomic E-state index is 1.09. The number of fused-ring (bicyclic) bond motifs is 1. The van der Waals surface area contributed by atoms with Crippen LogP contribution in [0.2, 0.25) is 0 Å². The Kier molecular flexibility index (Phi) is 2.37. The Morgan fingerprint density at radius 3 is 2.75 bits per heavy atom. The molecule has 1 heteroatoms. The number of hydrogen-bond donors (Lipinski definition) is 0. The van der Waals surface area contributed by atoms with Crippen molar-refractivity contribution in [3.8, 4) is 0 Å². The molecule has 79 valence electrons. The molecule has 0 atom stereocenters. The van der Waals surface area contributed by atoms with Gasteiger partial charge >= 0.3 is 0 Å². The Labute approximate surface area is 96.3 Å². The number of anilines is 2. The smallest absolute Gasteiger partial charge is 0.0523 e. The Morgan fingerprint density at radius 2 is 1.88 bits per heavy atom. The van der Waals surface area contributed by atoms with E-state index in [-0.39, 0.29) is 0 Å². The molecule has 0 saturated heterocycles. The molecular formula is C15H14N. The molecule has 1 radical (unpaired) electrons. The first-order valence-electron chi connectivity index (χ1n) is 5.77. The summed E-state index contributed by atoms with van der Waals surface area (Å²) >= 11 is 0. The molecule has 0 aromatic heterocycles. The van der Waals surface area contributed by atoms with Crippen LogP contribution in [0.3, 0.4) is 0 Å². The Bertz CT molecular complexity index is 476. The molecule has 0 unspecified atom stereocenters. The molecule has 0 aliphatic carbocycles. The van der Waals surface area contributed by atoms with Gasteiger partial charge in [-0.15, -0.1) is 0 Å². The van der Waals surface area contributed by atoms with Crippen molar-refractivity contribution in [1.82, 2.24) is 0 Å². The molecule has 0 bridgehead atoms. The second-order valence-electron chi connectivity index (χ2n) is 4.13. The highest BCUT2D eigenvalue weighted by molar-refractivity contribution is 5.67. The molecule has 0 amide bonds. The first-order chi connectivity index (χ1) is 7.95. The van der Waals surface area contributed by atoms with Crippen molar-refractivity contribution in [2.24, 2.45) is 0 Å². The van der Waals surface area contributed by atoms with Gasteiger partial charge in [-0.3, -0.25) is 0 Å². The zero-order valence-electron chi connectivity index (χ0n) is 9.19. The van der Waals surface area contributed by atoms with Crippen molar-refractivity contribution in [2.75, 3.05) is 11.4 Å². The van der Waals surface area contributed by atoms with E-state index in [0.717, 1.165) is 6.54 Å². The van der Waals surface area contributed by atoms with Gasteiger partial charge in [0.1, 0.15) is 0 Å². The molecule has 1 nitrogen and oxygen atoms in total. The molecule has 0 spiro atoms. The maximum atomic E-state index is 3.36. The largest absolute Gasteiger partial charge is 0.341 e. The van der Waals surface area contributed by atoms with E-state index in [1.165, 1.54) is 29.8 Å². The fraction of sp³-hybridized carbons (Fsp3) is 0.200. The van der Waals surface area contributed by atoms with E-state index in [1.54, 1.807) is 0 Å². The van der Waals surface area contributed by atoms with Crippen molar-refractivity contribution in [2.45, 2.75) is 12.8 Å². The summed E-state index contributed by atoms with van der Waals surface area (Å²) in [6, 6.07) is 20.2. The number of aryl methyl sites for hydroxylation is 1. The van der Waals surface area contributed by atoms with Crippen LogP contribution in [0.4, 0.5) is 11.4 Å². The van der Waals surface area contributed by atoms with E-state index < -0.39 is 0 Å². The standard InChI is InChI=1S/C15H14N/c1-2-9-14(10-3-1)16-12-6-8-13-7-4-5-11-15(13)16/h1-5,7,9-10H,6,8,12H2. The van der Waals surface area contributed by atoms with Gasteiger partial charge in [-0.2, -0.15) is 0 Å². The van der Waals surface area contributed by atoms with E-state index >= 15 is 0 Å². The topological polar surface area (TPSA) is 3.24 Å². The third-order valence-electron chi connectivity index (χ3n) is 3.08. The van der Waals surface area contributed by atoms with Crippen LogP contribution in [-0.2, 0) is 6.42 Å². The van der Waals surface area contributed by atoms with Gasteiger partial charge in [0.15, 0.2) is 0 Å². The van der Waals surface area contributed by atoms with Crippen molar-refractivity contribution in [1.29, 1.82) is 0 Å². The normalized spacial score (nSPS) is 14.6. The summed E-state index contributed by atoms with van der Waals surface area (Å²) in [5.74, 6) is 0. The van der Waals surface area contributed by atoms with Crippen LogP contribution < -0.4 is 4.90 Å². The number of rotatable bonds is 1. The Morgan fingerprint density at radius 1 is 1.00 bits per heavy atom. The summed E-state index contributed by atoms with van der Waals surface area (Å²) in [6.07, 6.45) is 2.40. The van der Waals surface area contributed by atoms with Crippen LogP contribution in [0.5, 0.6) is 0 Å². The highest BCUT2D eigenvalue weighted by Crippen LogP contribution is 2.32. The third kappa shape index (κ3) is 1.58. The highest BCUT2D eigenvalue weighted by Gasteiger charge is 2.17. The zero-order chi connectivity index (χ0) is 10.8. The van der Waals surface area contributed by atoms with Crippen LogP contribution in [0, 0.1) is 6.07 Å². The second-order valence-corrected chi connectivity index (χ2v) is 4.13. The highest BCUT2D eigenvalue weighted by atomic mass is 15.1. The predicted molar refractivity (Wildman–Crippen MR) is 67.0 cm³/mol. The van der Waals surface area contributed by atoms with E-state index in [0.29, 0.717) is 0 Å². The predicted octanol–water partition coefficient (Wildman–Crippen LogP) is 3.57. The van der Waals surface area contributed by atoms with E-state index in [9.17, 15) is 0 Å². The van der Waals surface area contributed by atoms with Gasteiger partial charge in [-0.05, 0) is 30.5 Å². The molecule has 0 saturated carbocycles. The van der Waals surface area contributed by atoms with Gasteiger partial charge in [-0.1, -0.05) is 36.4 Å². The number of nitrogens with zero attached hydrogens (tertiary/aromatic N) is 1. The van der Waals surface area contributed by atoms with Gasteiger partial charge < -0.3 is 4.90 Å². The second kappa shape index (κ2) is 4.01. The van der Waals surface area contributed by atoms with Crippen molar-refractivity contribution in [3.05, 3.63) is 60.2 Å². The molecule has 2 aromatic carbocycles. The van der Waals surface area contributed by atoms with Crippen LogP contribution in [0.15, 0.2) is 48.5 Å². The summed E-state index contributed by atoms with van der Waals surface area (Å²) in [5.41, 5.74) is 3.93. The van der Waals surface area contributed by atoms with Crippen molar-refractivity contribution < 1.29 is 0 Å². The third-order valence-corrected chi connectivity index (χ3v) is 3.08. The van der Waals surface area contributed by atoms with E-state index in [2.05, 4.69) is 53.4 Å². The minimum absolute atomic E-state index is 1.09. The molecule has 16 heavy (non-hydrogen) atoms. The molecule has 1 aliphatic rings. The van der Waals surface area contributed by atoms with Gasteiger partial charge in [0, 0.05) is 18.3 Å². The minimum Gasteiger partial charge on any atom is -0.341 e. The van der Waals surface area contributed by atoms with Crippen LogP contribution in [-0.4, -0.2) is 6.54 Å². The average molecular weight is 208 g/mol. The summed E-state index contributed by atoms with van der Waals surface area (Å²) < 4.78 is 0. The van der Waals surface area contributed by atoms with Crippen LogP contribution in [0.25, 0.3) is 0 Å². The summed E-state index contributed by atoms with van der Waals surface area (Å²) in [5, 5.41) is 0. The monoisotopic (exact) mass is 208 g/mol. The molecule has 2 aromatic rings. The number of para-hydroxylation sites is 2. The fourth-order valence-corrected chi connectivity index (χ4v) is 2.32. The number of hydrogen-bond acceptors (Lipinski definition) is 1. The first-order valence-corrected chi connectivity index (χ1v) is 5.77. The fourth-order valence-electron chi connectivity index (χ4n) is 2.32. The van der Waals surface area contributed by atoms with Gasteiger partial charge in [0.2, 0.25) is 0 Å². The summed E-state index contributed by atoms with van der Waals surface area (Å²) in [7, 11) is 0. The maximum Gasteiger partial charge on any atom is 0.0523 e. The molecule has 3 rings (SSSR count). The zero-order valence-corrected chi connectivity index (χ0v) is 9.19. The van der Waals surface area contributed by atoms with Crippen molar-refractivity contribution in [3.63, 3.8) is 0 Å². The van der Waals surface area contributed by atoms with Gasteiger partial charge in [0.05, 0.1) is 5.69 Å². The van der Waals surface area contributed by atoms with E-state index in [1.807, 2.05) is 6.07 Å². The van der Waals surface area contributed by atoms with Crippen LogP contribution in [0.1, 0.15) is 12.0 Å². The molecule has 0 N–H and O–H groups in total. The summed E-state index contributed by atoms with van der Waals surface area (Å²) in [4.78, 5) is 2.36. The molecule has 1 aliphatic heterocycles. The quantitative estimate of drug-likeness (QED) is 0.692. The van der Waals surface area contributed by atoms with Gasteiger partial charge in [-0.25, -0.2) is 0 Å². The summed E-state index contributed by atoms with van der Waals surface area (Å²) in [6.45, 7) is 1.09. The SMILES string of the molecule is [c]1cccc2c1N(c1ccccc1)CCC2. The first kappa shape index (κ1) is 9.46. The number of benzene rings is 2. The average Bonchev–Trinajstić information content (AvgIpc) is 2.39. The van der Waals surface area contributed by atoms with E-state index in [4.69, 9.17) is 0 Å². The molecular weight excluding hydrogens is 194 g/mol. The van der Waals surface area contributed by atoms with Gasteiger partial charge in [0.25, 0.3) is 0 Å².